The first-order valence-corrected chi connectivity index (χ1v) is 5.69. The predicted molar refractivity (Wildman–Crippen MR) is 66.0 cm³/mol. The van der Waals surface area contributed by atoms with Crippen molar-refractivity contribution in [3.8, 4) is 6.07 Å². The van der Waals surface area contributed by atoms with Crippen molar-refractivity contribution in [2.45, 2.75) is 13.0 Å². The maximum atomic E-state index is 13.6. The fourth-order valence-electron chi connectivity index (χ4n) is 1.64. The number of nitrogens with zero attached hydrogens (tertiary/aromatic N) is 2. The Balaban J connectivity index is 2.54. The number of halogens is 1. The maximum Gasteiger partial charge on any atom is 0.129 e. The van der Waals surface area contributed by atoms with Gasteiger partial charge in [-0.25, -0.2) is 4.39 Å². The van der Waals surface area contributed by atoms with E-state index in [9.17, 15) is 4.39 Å². The van der Waals surface area contributed by atoms with Gasteiger partial charge in [0.25, 0.3) is 0 Å². The third-order valence-electron chi connectivity index (χ3n) is 2.59. The Kier molecular flexibility index (Phi) is 5.61. The van der Waals surface area contributed by atoms with Crippen LogP contribution < -0.4 is 5.32 Å². The lowest BCUT2D eigenvalue weighted by atomic mass is 10.1. The highest BCUT2D eigenvalue weighted by Crippen LogP contribution is 2.11. The minimum Gasteiger partial charge on any atom is -0.320 e. The summed E-state index contributed by atoms with van der Waals surface area (Å²) in [6.45, 7) is 2.45. The number of benzene rings is 1. The zero-order chi connectivity index (χ0) is 12.7. The second kappa shape index (κ2) is 7.00. The van der Waals surface area contributed by atoms with Crippen molar-refractivity contribution in [2.75, 3.05) is 27.2 Å². The minimum absolute atomic E-state index is 0.301. The molecule has 1 aromatic carbocycles. The van der Waals surface area contributed by atoms with E-state index in [-0.39, 0.29) is 5.82 Å². The van der Waals surface area contributed by atoms with Gasteiger partial charge in [0.15, 0.2) is 0 Å². The lowest BCUT2D eigenvalue weighted by Crippen LogP contribution is -2.22. The molecule has 17 heavy (non-hydrogen) atoms. The van der Waals surface area contributed by atoms with E-state index >= 15 is 0 Å². The van der Waals surface area contributed by atoms with Crippen LogP contribution in [0, 0.1) is 17.1 Å². The van der Waals surface area contributed by atoms with Gasteiger partial charge in [-0.15, -0.1) is 0 Å². The van der Waals surface area contributed by atoms with Crippen LogP contribution in [0.3, 0.4) is 0 Å². The van der Waals surface area contributed by atoms with E-state index in [1.807, 2.05) is 20.2 Å². The van der Waals surface area contributed by atoms with Gasteiger partial charge in [0.1, 0.15) is 5.82 Å². The van der Waals surface area contributed by atoms with E-state index < -0.39 is 0 Å². The number of hydrogen-bond donors (Lipinski definition) is 1. The van der Waals surface area contributed by atoms with Crippen molar-refractivity contribution < 1.29 is 4.39 Å². The molecule has 3 nitrogen and oxygen atoms in total. The standard InChI is InChI=1S/C13H18FN3/c1-16-6-3-7-17(2)10-12-5-4-11(9-15)8-13(12)14/h4-5,8,16H,3,6-7,10H2,1-2H3. The normalized spacial score (nSPS) is 10.5. The topological polar surface area (TPSA) is 39.1 Å². The van der Waals surface area contributed by atoms with Crippen LogP contribution in [0.4, 0.5) is 4.39 Å². The first-order valence-electron chi connectivity index (χ1n) is 5.69. The summed E-state index contributed by atoms with van der Waals surface area (Å²) in [7, 11) is 3.88. The van der Waals surface area contributed by atoms with Crippen molar-refractivity contribution >= 4 is 0 Å². The molecule has 1 rings (SSSR count). The number of nitriles is 1. The fraction of sp³-hybridized carbons (Fsp3) is 0.462. The Morgan fingerprint density at radius 3 is 2.82 bits per heavy atom. The first kappa shape index (κ1) is 13.6. The quantitative estimate of drug-likeness (QED) is 0.763. The molecule has 0 fully saturated rings. The van der Waals surface area contributed by atoms with Gasteiger partial charge in [-0.1, -0.05) is 6.07 Å². The van der Waals surface area contributed by atoms with Gasteiger partial charge in [-0.3, -0.25) is 0 Å². The molecule has 0 aliphatic carbocycles. The van der Waals surface area contributed by atoms with Crippen LogP contribution in [0.2, 0.25) is 0 Å². The molecule has 0 atom stereocenters. The van der Waals surface area contributed by atoms with Gasteiger partial charge in [-0.05, 0) is 45.7 Å². The predicted octanol–water partition coefficient (Wildman–Crippen LogP) is 1.74. The second-order valence-electron chi connectivity index (χ2n) is 4.11. The summed E-state index contributed by atoms with van der Waals surface area (Å²) in [6.07, 6.45) is 1.03. The monoisotopic (exact) mass is 235 g/mol. The smallest absolute Gasteiger partial charge is 0.129 e. The van der Waals surface area contributed by atoms with E-state index in [0.717, 1.165) is 19.5 Å². The van der Waals surface area contributed by atoms with Crippen LogP contribution in [-0.4, -0.2) is 32.1 Å². The number of nitrogens with one attached hydrogen (secondary N) is 1. The number of hydrogen-bond acceptors (Lipinski definition) is 3. The molecule has 4 heteroatoms. The van der Waals surface area contributed by atoms with Gasteiger partial charge in [0, 0.05) is 12.1 Å². The molecular formula is C13H18FN3. The maximum absolute atomic E-state index is 13.6. The van der Waals surface area contributed by atoms with Crippen LogP contribution in [0.15, 0.2) is 18.2 Å². The molecule has 0 saturated heterocycles. The van der Waals surface area contributed by atoms with Crippen molar-refractivity contribution in [2.24, 2.45) is 0 Å². The van der Waals surface area contributed by atoms with Gasteiger partial charge in [0.05, 0.1) is 11.6 Å². The Hall–Kier alpha value is -1.44. The third kappa shape index (κ3) is 4.51. The molecule has 0 heterocycles. The van der Waals surface area contributed by atoms with E-state index in [0.29, 0.717) is 17.7 Å². The summed E-state index contributed by atoms with van der Waals surface area (Å²) >= 11 is 0. The largest absolute Gasteiger partial charge is 0.320 e. The van der Waals surface area contributed by atoms with Gasteiger partial charge >= 0.3 is 0 Å². The molecule has 1 N–H and O–H groups in total. The molecular weight excluding hydrogens is 217 g/mol. The molecule has 0 saturated carbocycles. The van der Waals surface area contributed by atoms with Crippen LogP contribution >= 0.6 is 0 Å². The minimum atomic E-state index is -0.301. The zero-order valence-corrected chi connectivity index (χ0v) is 10.3. The number of rotatable bonds is 6. The van der Waals surface area contributed by atoms with E-state index in [1.165, 1.54) is 6.07 Å². The van der Waals surface area contributed by atoms with Crippen LogP contribution in [-0.2, 0) is 6.54 Å². The average molecular weight is 235 g/mol. The Morgan fingerprint density at radius 1 is 1.47 bits per heavy atom. The van der Waals surface area contributed by atoms with Crippen molar-refractivity contribution in [1.29, 1.82) is 5.26 Å². The lowest BCUT2D eigenvalue weighted by Gasteiger charge is -2.16. The van der Waals surface area contributed by atoms with Crippen molar-refractivity contribution in [1.82, 2.24) is 10.2 Å². The second-order valence-corrected chi connectivity index (χ2v) is 4.11. The third-order valence-corrected chi connectivity index (χ3v) is 2.59. The summed E-state index contributed by atoms with van der Waals surface area (Å²) in [4.78, 5) is 2.07. The van der Waals surface area contributed by atoms with Crippen LogP contribution in [0.1, 0.15) is 17.5 Å². The molecule has 0 aromatic heterocycles. The highest BCUT2D eigenvalue weighted by molar-refractivity contribution is 5.32. The van der Waals surface area contributed by atoms with E-state index in [4.69, 9.17) is 5.26 Å². The molecule has 0 bridgehead atoms. The van der Waals surface area contributed by atoms with E-state index in [1.54, 1.807) is 12.1 Å². The molecule has 0 amide bonds. The Labute approximate surface area is 102 Å². The first-order chi connectivity index (χ1) is 8.17. The summed E-state index contributed by atoms with van der Waals surface area (Å²) in [6, 6.07) is 6.55. The lowest BCUT2D eigenvalue weighted by molar-refractivity contribution is 0.316. The molecule has 92 valence electrons. The Morgan fingerprint density at radius 2 is 2.24 bits per heavy atom. The van der Waals surface area contributed by atoms with E-state index in [2.05, 4.69) is 10.2 Å². The molecule has 0 radical (unpaired) electrons. The van der Waals surface area contributed by atoms with Gasteiger partial charge < -0.3 is 10.2 Å². The van der Waals surface area contributed by atoms with Gasteiger partial charge in [-0.2, -0.15) is 5.26 Å². The summed E-state index contributed by atoms with van der Waals surface area (Å²) in [5.41, 5.74) is 1.00. The summed E-state index contributed by atoms with van der Waals surface area (Å²) < 4.78 is 13.6. The van der Waals surface area contributed by atoms with Gasteiger partial charge in [0.2, 0.25) is 0 Å². The highest BCUT2D eigenvalue weighted by Gasteiger charge is 2.06. The van der Waals surface area contributed by atoms with Crippen LogP contribution in [0.5, 0.6) is 0 Å². The SMILES string of the molecule is CNCCCN(C)Cc1ccc(C#N)cc1F. The fourth-order valence-corrected chi connectivity index (χ4v) is 1.64. The molecule has 0 spiro atoms. The van der Waals surface area contributed by atoms with Crippen molar-refractivity contribution in [3.63, 3.8) is 0 Å². The average Bonchev–Trinajstić information content (AvgIpc) is 2.32. The zero-order valence-electron chi connectivity index (χ0n) is 10.3. The van der Waals surface area contributed by atoms with Crippen LogP contribution in [0.25, 0.3) is 0 Å². The highest BCUT2D eigenvalue weighted by atomic mass is 19.1. The van der Waals surface area contributed by atoms with Crippen molar-refractivity contribution in [3.05, 3.63) is 35.1 Å². The molecule has 0 aliphatic rings. The molecule has 1 aromatic rings. The molecule has 0 unspecified atom stereocenters. The Bertz CT molecular complexity index is 398. The summed E-state index contributed by atoms with van der Waals surface area (Å²) in [5, 5.41) is 11.7. The molecule has 0 aliphatic heterocycles. The summed E-state index contributed by atoms with van der Waals surface area (Å²) in [5.74, 6) is -0.301.